The first kappa shape index (κ1) is 13.7. The van der Waals surface area contributed by atoms with Crippen LogP contribution in [0.5, 0.6) is 0 Å². The van der Waals surface area contributed by atoms with Crippen LogP contribution in [0.3, 0.4) is 0 Å². The molecule has 0 heterocycles. The Kier molecular flexibility index (Phi) is 4.72. The van der Waals surface area contributed by atoms with Gasteiger partial charge in [-0.25, -0.2) is 4.39 Å². The molecule has 0 aromatic heterocycles. The van der Waals surface area contributed by atoms with Gasteiger partial charge in [0.05, 0.1) is 22.2 Å². The lowest BCUT2D eigenvalue weighted by atomic mass is 10.2. The molecule has 0 aliphatic heterocycles. The van der Waals surface area contributed by atoms with Crippen LogP contribution >= 0.6 is 23.2 Å². The second kappa shape index (κ2) is 5.84. The monoisotopic (exact) mass is 278 g/mol. The molecule has 0 saturated carbocycles. The Balaban J connectivity index is 2.82. The molecule has 0 spiro atoms. The zero-order valence-corrected chi connectivity index (χ0v) is 10.3. The van der Waals surface area contributed by atoms with Gasteiger partial charge in [-0.05, 0) is 12.1 Å². The van der Waals surface area contributed by atoms with E-state index >= 15 is 0 Å². The highest BCUT2D eigenvalue weighted by Crippen LogP contribution is 2.24. The fourth-order valence-corrected chi connectivity index (χ4v) is 1.51. The average Bonchev–Trinajstić information content (AvgIpc) is 2.30. The normalized spacial score (nSPS) is 9.88. The van der Waals surface area contributed by atoms with Gasteiger partial charge < -0.3 is 10.6 Å². The molecular formula is C10H9Cl2FN2O2. The van der Waals surface area contributed by atoms with Crippen molar-refractivity contribution in [1.82, 2.24) is 10.6 Å². The first-order chi connectivity index (χ1) is 7.95. The standard InChI is InChI=1S/C10H9Cl2FN2O2/c1-14-9(16)4-15-10(17)5-2-8(13)7(12)3-6(5)11/h2-3H,4H2,1H3,(H,14,16)(H,15,17). The molecule has 92 valence electrons. The van der Waals surface area contributed by atoms with Gasteiger partial charge in [-0.3, -0.25) is 9.59 Å². The van der Waals surface area contributed by atoms with Crippen LogP contribution in [-0.4, -0.2) is 25.4 Å². The molecule has 4 nitrogen and oxygen atoms in total. The quantitative estimate of drug-likeness (QED) is 0.826. The van der Waals surface area contributed by atoms with E-state index in [0.29, 0.717) is 0 Å². The lowest BCUT2D eigenvalue weighted by Gasteiger charge is -2.06. The SMILES string of the molecule is CNC(=O)CNC(=O)c1cc(F)c(Cl)cc1Cl. The first-order valence-electron chi connectivity index (χ1n) is 4.59. The third-order valence-corrected chi connectivity index (χ3v) is 2.55. The maximum atomic E-state index is 13.1. The van der Waals surface area contributed by atoms with Crippen molar-refractivity contribution in [2.45, 2.75) is 0 Å². The van der Waals surface area contributed by atoms with Crippen LogP contribution in [0.1, 0.15) is 10.4 Å². The minimum absolute atomic E-state index is 0.0193. The molecule has 7 heteroatoms. The minimum Gasteiger partial charge on any atom is -0.358 e. The number of amides is 2. The van der Waals surface area contributed by atoms with Crippen molar-refractivity contribution in [3.63, 3.8) is 0 Å². The summed E-state index contributed by atoms with van der Waals surface area (Å²) in [6.45, 7) is -0.212. The van der Waals surface area contributed by atoms with Gasteiger partial charge in [-0.2, -0.15) is 0 Å². The molecule has 0 unspecified atom stereocenters. The van der Waals surface area contributed by atoms with E-state index in [1.165, 1.54) is 7.05 Å². The van der Waals surface area contributed by atoms with Crippen LogP contribution in [0.15, 0.2) is 12.1 Å². The van der Waals surface area contributed by atoms with Gasteiger partial charge in [-0.15, -0.1) is 0 Å². The summed E-state index contributed by atoms with van der Waals surface area (Å²) >= 11 is 11.2. The maximum absolute atomic E-state index is 13.1. The average molecular weight is 279 g/mol. The van der Waals surface area contributed by atoms with E-state index in [9.17, 15) is 14.0 Å². The van der Waals surface area contributed by atoms with Gasteiger partial charge in [0.15, 0.2) is 0 Å². The fraction of sp³-hybridized carbons (Fsp3) is 0.200. The Labute approximate surface area is 107 Å². The van der Waals surface area contributed by atoms with Gasteiger partial charge >= 0.3 is 0 Å². The molecule has 1 aromatic rings. The van der Waals surface area contributed by atoms with E-state index < -0.39 is 11.7 Å². The molecule has 17 heavy (non-hydrogen) atoms. The van der Waals surface area contributed by atoms with Crippen LogP contribution < -0.4 is 10.6 Å². The van der Waals surface area contributed by atoms with E-state index in [1.54, 1.807) is 0 Å². The van der Waals surface area contributed by atoms with Crippen LogP contribution in [-0.2, 0) is 4.79 Å². The van der Waals surface area contributed by atoms with Crippen LogP contribution in [0, 0.1) is 5.82 Å². The molecule has 2 N–H and O–H groups in total. The molecule has 0 fully saturated rings. The Morgan fingerprint density at radius 1 is 1.29 bits per heavy atom. The molecule has 1 rings (SSSR count). The van der Waals surface area contributed by atoms with E-state index in [0.717, 1.165) is 12.1 Å². The van der Waals surface area contributed by atoms with Gasteiger partial charge in [0.1, 0.15) is 5.82 Å². The number of halogens is 3. The maximum Gasteiger partial charge on any atom is 0.253 e. The number of benzene rings is 1. The van der Waals surface area contributed by atoms with Crippen molar-refractivity contribution < 1.29 is 14.0 Å². The van der Waals surface area contributed by atoms with Crippen molar-refractivity contribution >= 4 is 35.0 Å². The predicted octanol–water partition coefficient (Wildman–Crippen LogP) is 1.61. The number of carbonyl (C=O) groups is 2. The summed E-state index contributed by atoms with van der Waals surface area (Å²) in [5.74, 6) is -1.76. The number of likely N-dealkylation sites (N-methyl/N-ethyl adjacent to an activating group) is 1. The predicted molar refractivity (Wildman–Crippen MR) is 62.8 cm³/mol. The van der Waals surface area contributed by atoms with Gasteiger partial charge in [0.25, 0.3) is 5.91 Å². The van der Waals surface area contributed by atoms with E-state index in [-0.39, 0.29) is 28.1 Å². The molecule has 1 aromatic carbocycles. The Morgan fingerprint density at radius 2 is 1.94 bits per heavy atom. The highest BCUT2D eigenvalue weighted by atomic mass is 35.5. The molecule has 2 amide bonds. The fourth-order valence-electron chi connectivity index (χ4n) is 1.04. The zero-order valence-electron chi connectivity index (χ0n) is 8.81. The molecule has 0 atom stereocenters. The number of nitrogens with one attached hydrogen (secondary N) is 2. The highest BCUT2D eigenvalue weighted by molar-refractivity contribution is 6.36. The van der Waals surface area contributed by atoms with Crippen LogP contribution in [0.25, 0.3) is 0 Å². The lowest BCUT2D eigenvalue weighted by Crippen LogP contribution is -2.35. The summed E-state index contributed by atoms with van der Waals surface area (Å²) in [7, 11) is 1.43. The second-order valence-corrected chi connectivity index (χ2v) is 3.92. The zero-order chi connectivity index (χ0) is 13.0. The number of hydrogen-bond acceptors (Lipinski definition) is 2. The minimum atomic E-state index is -0.749. The summed E-state index contributed by atoms with van der Waals surface area (Å²) in [4.78, 5) is 22.5. The summed E-state index contributed by atoms with van der Waals surface area (Å²) in [6, 6.07) is 2.05. The third-order valence-electron chi connectivity index (χ3n) is 1.94. The molecule has 0 saturated heterocycles. The molecule has 0 aliphatic carbocycles. The van der Waals surface area contributed by atoms with Crippen molar-refractivity contribution in [2.24, 2.45) is 0 Å². The first-order valence-corrected chi connectivity index (χ1v) is 5.34. The van der Waals surface area contributed by atoms with E-state index in [4.69, 9.17) is 23.2 Å². The smallest absolute Gasteiger partial charge is 0.253 e. The third kappa shape index (κ3) is 3.57. The molecule has 0 bridgehead atoms. The molecular weight excluding hydrogens is 270 g/mol. The highest BCUT2D eigenvalue weighted by Gasteiger charge is 2.14. The second-order valence-electron chi connectivity index (χ2n) is 3.10. The van der Waals surface area contributed by atoms with Gasteiger partial charge in [-0.1, -0.05) is 23.2 Å². The van der Waals surface area contributed by atoms with E-state index in [1.807, 2.05) is 0 Å². The van der Waals surface area contributed by atoms with Gasteiger partial charge in [0, 0.05) is 7.05 Å². The summed E-state index contributed by atoms with van der Waals surface area (Å²) in [6.07, 6.45) is 0. The number of carbonyl (C=O) groups excluding carboxylic acids is 2. The Hall–Kier alpha value is -1.33. The van der Waals surface area contributed by atoms with Crippen molar-refractivity contribution in [3.05, 3.63) is 33.6 Å². The number of rotatable bonds is 3. The van der Waals surface area contributed by atoms with Crippen molar-refractivity contribution in [3.8, 4) is 0 Å². The largest absolute Gasteiger partial charge is 0.358 e. The van der Waals surface area contributed by atoms with Crippen molar-refractivity contribution in [1.29, 1.82) is 0 Å². The summed E-state index contributed by atoms with van der Waals surface area (Å²) in [5.41, 5.74) is -0.0718. The lowest BCUT2D eigenvalue weighted by molar-refractivity contribution is -0.119. The van der Waals surface area contributed by atoms with Crippen LogP contribution in [0.4, 0.5) is 4.39 Å². The molecule has 0 aliphatic rings. The van der Waals surface area contributed by atoms with Crippen molar-refractivity contribution in [2.75, 3.05) is 13.6 Å². The topological polar surface area (TPSA) is 58.2 Å². The number of hydrogen-bond donors (Lipinski definition) is 2. The van der Waals surface area contributed by atoms with Gasteiger partial charge in [0.2, 0.25) is 5.91 Å². The Morgan fingerprint density at radius 3 is 2.53 bits per heavy atom. The molecule has 0 radical (unpaired) electrons. The Bertz CT molecular complexity index is 466. The summed E-state index contributed by atoms with van der Waals surface area (Å²) in [5, 5.41) is 4.47. The van der Waals surface area contributed by atoms with E-state index in [2.05, 4.69) is 10.6 Å². The summed E-state index contributed by atoms with van der Waals surface area (Å²) < 4.78 is 13.1. The van der Waals surface area contributed by atoms with Crippen LogP contribution in [0.2, 0.25) is 10.0 Å².